The van der Waals surface area contributed by atoms with Crippen LogP contribution in [0.4, 0.5) is 14.7 Å². The molecule has 1 N–H and O–H groups in total. The number of para-hydroxylation sites is 1. The van der Waals surface area contributed by atoms with Crippen LogP contribution in [-0.2, 0) is 18.4 Å². The normalized spacial score (nSPS) is 15.4. The minimum absolute atomic E-state index is 0.00512. The van der Waals surface area contributed by atoms with Crippen LogP contribution >= 0.6 is 0 Å². The number of benzene rings is 2. The highest BCUT2D eigenvalue weighted by Gasteiger charge is 2.28. The number of fused-ring (bicyclic) bond motifs is 1. The zero-order valence-corrected chi connectivity index (χ0v) is 22.4. The first-order chi connectivity index (χ1) is 19.7. The van der Waals surface area contributed by atoms with Crippen molar-refractivity contribution in [2.24, 2.45) is 7.05 Å². The van der Waals surface area contributed by atoms with Gasteiger partial charge in [0.05, 0.1) is 29.1 Å². The van der Waals surface area contributed by atoms with E-state index in [9.17, 15) is 28.7 Å². The number of carbonyl (C=O) groups is 1. The van der Waals surface area contributed by atoms with Gasteiger partial charge in [0.1, 0.15) is 12.4 Å². The summed E-state index contributed by atoms with van der Waals surface area (Å²) in [7, 11) is 1.57. The predicted molar refractivity (Wildman–Crippen MR) is 146 cm³/mol. The summed E-state index contributed by atoms with van der Waals surface area (Å²) >= 11 is 0. The van der Waals surface area contributed by atoms with Gasteiger partial charge in [-0.15, -0.1) is 0 Å². The Bertz CT molecular complexity index is 1690. The summed E-state index contributed by atoms with van der Waals surface area (Å²) in [5.41, 5.74) is 1.94. The Balaban J connectivity index is 1.49. The number of amides is 1. The molecule has 0 aliphatic carbocycles. The summed E-state index contributed by atoms with van der Waals surface area (Å²) in [5, 5.41) is 19.4. The lowest BCUT2D eigenvalue weighted by Crippen LogP contribution is -2.55. The van der Waals surface area contributed by atoms with Crippen molar-refractivity contribution < 1.29 is 23.4 Å². The van der Waals surface area contributed by atoms with Crippen molar-refractivity contribution in [1.29, 1.82) is 5.26 Å². The summed E-state index contributed by atoms with van der Waals surface area (Å²) in [6.07, 6.45) is 3.19. The third kappa shape index (κ3) is 5.33. The van der Waals surface area contributed by atoms with Gasteiger partial charge >= 0.3 is 6.61 Å². The Labute approximate surface area is 233 Å². The smallest absolute Gasteiger partial charge is 0.387 e. The minimum atomic E-state index is -3.00. The molecule has 11 nitrogen and oxygen atoms in total. The third-order valence-corrected chi connectivity index (χ3v) is 7.24. The second-order valence-corrected chi connectivity index (χ2v) is 9.71. The lowest BCUT2D eigenvalue weighted by atomic mass is 10.0. The van der Waals surface area contributed by atoms with Crippen LogP contribution in [0.5, 0.6) is 5.75 Å². The molecule has 1 fully saturated rings. The first kappa shape index (κ1) is 27.7. The molecule has 1 aliphatic rings. The van der Waals surface area contributed by atoms with E-state index in [1.54, 1.807) is 53.3 Å². The molecule has 13 heteroatoms. The fourth-order valence-corrected chi connectivity index (χ4v) is 5.17. The van der Waals surface area contributed by atoms with Crippen molar-refractivity contribution in [3.8, 4) is 22.9 Å². The topological polar surface area (TPSA) is 130 Å². The van der Waals surface area contributed by atoms with Crippen LogP contribution in [0.2, 0.25) is 0 Å². The highest BCUT2D eigenvalue weighted by atomic mass is 19.3. The largest absolute Gasteiger partial charge is 0.434 e. The molecule has 1 aliphatic heterocycles. The van der Waals surface area contributed by atoms with E-state index in [2.05, 4.69) is 20.8 Å². The maximum atomic E-state index is 13.1. The molecule has 1 unspecified atom stereocenters. The number of anilines is 1. The summed E-state index contributed by atoms with van der Waals surface area (Å²) in [6, 6.07) is 11.6. The maximum Gasteiger partial charge on any atom is 0.387 e. The maximum absolute atomic E-state index is 13.1. The molecule has 3 heterocycles. The van der Waals surface area contributed by atoms with Gasteiger partial charge < -0.3 is 19.6 Å². The van der Waals surface area contributed by atoms with Gasteiger partial charge in [0.25, 0.3) is 5.56 Å². The van der Waals surface area contributed by atoms with Crippen LogP contribution < -0.4 is 15.2 Å². The number of nitriles is 1. The number of piperazine rings is 1. The summed E-state index contributed by atoms with van der Waals surface area (Å²) < 4.78 is 33.6. The summed E-state index contributed by atoms with van der Waals surface area (Å²) in [5.74, 6) is 0.145. The Morgan fingerprint density at radius 2 is 1.95 bits per heavy atom. The second kappa shape index (κ2) is 11.3. The fraction of sp³-hybridized carbons (Fsp3) is 0.321. The van der Waals surface area contributed by atoms with Crippen LogP contribution in [-0.4, -0.2) is 74.1 Å². The Morgan fingerprint density at radius 1 is 1.22 bits per heavy atom. The standard InChI is InChI=1S/C28H27F2N7O4/c1-17-14-35(7-8-36(17)25(39)16-38)28-32-12-20(13-33-28)21-10-23-22(9-19(21)11-31)26(40)34(2)37(23)15-18-5-3-4-6-24(18)41-27(29)30/h3-6,9-10,12-13,17,27,38H,7-8,14-16H2,1-2H3. The summed E-state index contributed by atoms with van der Waals surface area (Å²) in [4.78, 5) is 37.6. The molecule has 5 rings (SSSR count). The zero-order chi connectivity index (χ0) is 29.3. The molecule has 2 aromatic heterocycles. The van der Waals surface area contributed by atoms with Crippen molar-refractivity contribution in [2.45, 2.75) is 26.1 Å². The van der Waals surface area contributed by atoms with Crippen molar-refractivity contribution in [3.05, 3.63) is 70.3 Å². The predicted octanol–water partition coefficient (Wildman–Crippen LogP) is 2.35. The van der Waals surface area contributed by atoms with E-state index in [4.69, 9.17) is 0 Å². The number of halogens is 2. The highest BCUT2D eigenvalue weighted by molar-refractivity contribution is 5.88. The Hall–Kier alpha value is -4.83. The summed E-state index contributed by atoms with van der Waals surface area (Å²) in [6.45, 7) is -0.151. The van der Waals surface area contributed by atoms with Crippen molar-refractivity contribution in [3.63, 3.8) is 0 Å². The molecule has 41 heavy (non-hydrogen) atoms. The third-order valence-electron chi connectivity index (χ3n) is 7.24. The van der Waals surface area contributed by atoms with Gasteiger partial charge in [0.2, 0.25) is 11.9 Å². The molecule has 0 spiro atoms. The van der Waals surface area contributed by atoms with Gasteiger partial charge in [-0.05, 0) is 25.1 Å². The monoisotopic (exact) mass is 563 g/mol. The number of alkyl halides is 2. The van der Waals surface area contributed by atoms with Crippen LogP contribution in [0.3, 0.4) is 0 Å². The number of carbonyl (C=O) groups excluding carboxylic acids is 1. The van der Waals surface area contributed by atoms with Crippen LogP contribution in [0.25, 0.3) is 22.0 Å². The average molecular weight is 564 g/mol. The molecule has 1 atom stereocenters. The van der Waals surface area contributed by atoms with E-state index >= 15 is 0 Å². The molecule has 1 amide bonds. The molecular weight excluding hydrogens is 536 g/mol. The molecule has 2 aromatic carbocycles. The number of ether oxygens (including phenoxy) is 1. The van der Waals surface area contributed by atoms with Gasteiger partial charge in [-0.2, -0.15) is 14.0 Å². The second-order valence-electron chi connectivity index (χ2n) is 9.71. The van der Waals surface area contributed by atoms with E-state index in [0.717, 1.165) is 0 Å². The molecule has 212 valence electrons. The van der Waals surface area contributed by atoms with E-state index in [0.29, 0.717) is 53.2 Å². The number of aliphatic hydroxyl groups is 1. The van der Waals surface area contributed by atoms with Gasteiger partial charge in [-0.25, -0.2) is 9.97 Å². The van der Waals surface area contributed by atoms with Crippen LogP contribution in [0.1, 0.15) is 18.1 Å². The number of hydrogen-bond acceptors (Lipinski definition) is 8. The van der Waals surface area contributed by atoms with Gasteiger partial charge in [-0.1, -0.05) is 18.2 Å². The number of aliphatic hydroxyl groups excluding tert-OH is 1. The van der Waals surface area contributed by atoms with Crippen LogP contribution in [0.15, 0.2) is 53.6 Å². The zero-order valence-electron chi connectivity index (χ0n) is 22.4. The lowest BCUT2D eigenvalue weighted by molar-refractivity contribution is -0.136. The quantitative estimate of drug-likeness (QED) is 0.363. The number of aromatic nitrogens is 4. The van der Waals surface area contributed by atoms with Gasteiger partial charge in [0, 0.05) is 61.8 Å². The number of hydrogen-bond donors (Lipinski definition) is 1. The molecule has 4 aromatic rings. The fourth-order valence-electron chi connectivity index (χ4n) is 5.17. The van der Waals surface area contributed by atoms with Crippen molar-refractivity contribution >= 4 is 22.8 Å². The molecule has 1 saturated heterocycles. The molecular formula is C28H27F2N7O4. The minimum Gasteiger partial charge on any atom is -0.434 e. The number of rotatable bonds is 7. The Kier molecular flexibility index (Phi) is 7.67. The first-order valence-corrected chi connectivity index (χ1v) is 12.9. The van der Waals surface area contributed by atoms with Crippen molar-refractivity contribution in [1.82, 2.24) is 24.2 Å². The van der Waals surface area contributed by atoms with Gasteiger partial charge in [-0.3, -0.25) is 19.0 Å². The van der Waals surface area contributed by atoms with Crippen molar-refractivity contribution in [2.75, 3.05) is 31.1 Å². The Morgan fingerprint density at radius 3 is 2.61 bits per heavy atom. The SMILES string of the molecule is CC1CN(c2ncc(-c3cc4c(cc3C#N)c(=O)n(C)n4Cc3ccccc3OC(F)F)cn2)CCN1C(=O)CO. The molecule has 0 bridgehead atoms. The number of nitrogens with zero attached hydrogens (tertiary/aromatic N) is 7. The average Bonchev–Trinajstić information content (AvgIpc) is 3.20. The first-order valence-electron chi connectivity index (χ1n) is 12.9. The van der Waals surface area contributed by atoms with E-state index in [-0.39, 0.29) is 35.4 Å². The molecule has 0 saturated carbocycles. The van der Waals surface area contributed by atoms with Gasteiger partial charge in [0.15, 0.2) is 0 Å². The highest BCUT2D eigenvalue weighted by Crippen LogP contribution is 2.29. The molecule has 0 radical (unpaired) electrons. The van der Waals surface area contributed by atoms with E-state index in [1.807, 2.05) is 11.8 Å². The van der Waals surface area contributed by atoms with E-state index in [1.165, 1.54) is 16.8 Å². The van der Waals surface area contributed by atoms with E-state index < -0.39 is 13.2 Å². The lowest BCUT2D eigenvalue weighted by Gasteiger charge is -2.39. The van der Waals surface area contributed by atoms with Crippen LogP contribution in [0, 0.1) is 11.3 Å².